The summed E-state index contributed by atoms with van der Waals surface area (Å²) in [5.74, 6) is -0.247. The Labute approximate surface area is 112 Å². The molecule has 0 saturated carbocycles. The van der Waals surface area contributed by atoms with Crippen molar-refractivity contribution < 1.29 is 4.39 Å². The van der Waals surface area contributed by atoms with E-state index >= 15 is 0 Å². The fourth-order valence-corrected chi connectivity index (χ4v) is 2.61. The third-order valence-electron chi connectivity index (χ3n) is 2.27. The van der Waals surface area contributed by atoms with E-state index in [0.717, 1.165) is 28.3 Å². The second kappa shape index (κ2) is 5.71. The zero-order chi connectivity index (χ0) is 12.3. The molecular weight excluding hydrogens is 303 g/mol. The van der Waals surface area contributed by atoms with Crippen molar-refractivity contribution in [3.8, 4) is 10.6 Å². The standard InChI is InChI=1S/C12H12BrFN2S/c1-2-15-6-9-7-17-12(16-9)10-4-3-8(13)5-11(10)14/h3-5,7,15H,2,6H2,1H3. The van der Waals surface area contributed by atoms with Gasteiger partial charge in [0.25, 0.3) is 0 Å². The molecule has 0 aliphatic heterocycles. The van der Waals surface area contributed by atoms with E-state index in [4.69, 9.17) is 0 Å². The summed E-state index contributed by atoms with van der Waals surface area (Å²) < 4.78 is 14.5. The van der Waals surface area contributed by atoms with Crippen molar-refractivity contribution in [2.24, 2.45) is 0 Å². The van der Waals surface area contributed by atoms with Gasteiger partial charge in [-0.15, -0.1) is 11.3 Å². The second-order valence-electron chi connectivity index (χ2n) is 3.55. The van der Waals surface area contributed by atoms with Crippen molar-refractivity contribution in [1.82, 2.24) is 10.3 Å². The third-order valence-corrected chi connectivity index (χ3v) is 3.69. The Morgan fingerprint density at radius 1 is 1.47 bits per heavy atom. The first kappa shape index (κ1) is 12.7. The molecule has 2 aromatic rings. The van der Waals surface area contributed by atoms with Crippen molar-refractivity contribution in [3.05, 3.63) is 39.6 Å². The number of halogens is 2. The first-order chi connectivity index (χ1) is 8.20. The van der Waals surface area contributed by atoms with Gasteiger partial charge < -0.3 is 5.32 Å². The minimum Gasteiger partial charge on any atom is -0.311 e. The molecule has 2 nitrogen and oxygen atoms in total. The quantitative estimate of drug-likeness (QED) is 0.928. The Hall–Kier alpha value is -0.780. The minimum absolute atomic E-state index is 0.247. The molecular formula is C12H12BrFN2S. The summed E-state index contributed by atoms with van der Waals surface area (Å²) >= 11 is 4.71. The van der Waals surface area contributed by atoms with Crippen LogP contribution < -0.4 is 5.32 Å². The van der Waals surface area contributed by atoms with Gasteiger partial charge in [0.05, 0.1) is 5.69 Å². The van der Waals surface area contributed by atoms with E-state index in [9.17, 15) is 4.39 Å². The SMILES string of the molecule is CCNCc1csc(-c2ccc(Br)cc2F)n1. The van der Waals surface area contributed by atoms with Gasteiger partial charge in [-0.3, -0.25) is 0 Å². The third kappa shape index (κ3) is 3.12. The fourth-order valence-electron chi connectivity index (χ4n) is 1.43. The number of hydrogen-bond donors (Lipinski definition) is 1. The van der Waals surface area contributed by atoms with Crippen LogP contribution in [0.5, 0.6) is 0 Å². The van der Waals surface area contributed by atoms with Gasteiger partial charge in [0.15, 0.2) is 0 Å². The molecule has 90 valence electrons. The van der Waals surface area contributed by atoms with Crippen LogP contribution in [0.3, 0.4) is 0 Å². The van der Waals surface area contributed by atoms with E-state index < -0.39 is 0 Å². The predicted octanol–water partition coefficient (Wildman–Crippen LogP) is 3.82. The summed E-state index contributed by atoms with van der Waals surface area (Å²) in [6, 6.07) is 5.03. The Balaban J connectivity index is 2.24. The van der Waals surface area contributed by atoms with E-state index in [1.54, 1.807) is 6.07 Å². The normalized spacial score (nSPS) is 10.8. The van der Waals surface area contributed by atoms with Crippen LogP contribution in [-0.4, -0.2) is 11.5 Å². The van der Waals surface area contributed by atoms with Crippen LogP contribution in [0.4, 0.5) is 4.39 Å². The Morgan fingerprint density at radius 2 is 2.29 bits per heavy atom. The largest absolute Gasteiger partial charge is 0.311 e. The summed E-state index contributed by atoms with van der Waals surface area (Å²) in [6.45, 7) is 3.67. The fraction of sp³-hybridized carbons (Fsp3) is 0.250. The van der Waals surface area contributed by atoms with E-state index in [1.807, 2.05) is 18.4 Å². The zero-order valence-corrected chi connectivity index (χ0v) is 11.7. The van der Waals surface area contributed by atoms with E-state index in [-0.39, 0.29) is 5.82 Å². The summed E-state index contributed by atoms with van der Waals surface area (Å²) in [7, 11) is 0. The molecule has 1 heterocycles. The highest BCUT2D eigenvalue weighted by molar-refractivity contribution is 9.10. The molecule has 1 aromatic carbocycles. The van der Waals surface area contributed by atoms with Gasteiger partial charge in [0.2, 0.25) is 0 Å². The van der Waals surface area contributed by atoms with Gasteiger partial charge in [-0.2, -0.15) is 0 Å². The molecule has 0 aliphatic carbocycles. The van der Waals surface area contributed by atoms with Crippen LogP contribution >= 0.6 is 27.3 Å². The van der Waals surface area contributed by atoms with Crippen LogP contribution in [-0.2, 0) is 6.54 Å². The predicted molar refractivity (Wildman–Crippen MR) is 72.6 cm³/mol. The van der Waals surface area contributed by atoms with Crippen LogP contribution in [0.25, 0.3) is 10.6 Å². The van der Waals surface area contributed by atoms with Crippen LogP contribution in [0.15, 0.2) is 28.1 Å². The average molecular weight is 315 g/mol. The van der Waals surface area contributed by atoms with Crippen molar-refractivity contribution in [3.63, 3.8) is 0 Å². The van der Waals surface area contributed by atoms with E-state index in [2.05, 4.69) is 26.2 Å². The molecule has 0 radical (unpaired) electrons. The number of hydrogen-bond acceptors (Lipinski definition) is 3. The number of nitrogens with one attached hydrogen (secondary N) is 1. The summed E-state index contributed by atoms with van der Waals surface area (Å²) in [5.41, 5.74) is 1.51. The molecule has 5 heteroatoms. The lowest BCUT2D eigenvalue weighted by Gasteiger charge is -1.99. The average Bonchev–Trinajstić information content (AvgIpc) is 2.75. The van der Waals surface area contributed by atoms with E-state index in [0.29, 0.717) is 5.56 Å². The molecule has 0 aliphatic rings. The molecule has 0 amide bonds. The highest BCUT2D eigenvalue weighted by Crippen LogP contribution is 2.28. The molecule has 0 fully saturated rings. The Bertz CT molecular complexity index is 513. The molecule has 1 N–H and O–H groups in total. The molecule has 0 unspecified atom stereocenters. The van der Waals surface area contributed by atoms with Gasteiger partial charge in [-0.25, -0.2) is 9.37 Å². The van der Waals surface area contributed by atoms with Crippen LogP contribution in [0.1, 0.15) is 12.6 Å². The first-order valence-electron chi connectivity index (χ1n) is 5.31. The number of rotatable bonds is 4. The Kier molecular flexibility index (Phi) is 4.25. The lowest BCUT2D eigenvalue weighted by molar-refractivity contribution is 0.630. The molecule has 1 aromatic heterocycles. The number of thiazole rings is 1. The minimum atomic E-state index is -0.247. The highest BCUT2D eigenvalue weighted by atomic mass is 79.9. The van der Waals surface area contributed by atoms with Crippen LogP contribution in [0.2, 0.25) is 0 Å². The topological polar surface area (TPSA) is 24.9 Å². The lowest BCUT2D eigenvalue weighted by Crippen LogP contribution is -2.11. The molecule has 0 spiro atoms. The number of aromatic nitrogens is 1. The maximum atomic E-state index is 13.7. The van der Waals surface area contributed by atoms with Crippen molar-refractivity contribution >= 4 is 27.3 Å². The van der Waals surface area contributed by atoms with Crippen LogP contribution in [0, 0.1) is 5.82 Å². The summed E-state index contributed by atoms with van der Waals surface area (Å²) in [4.78, 5) is 4.41. The number of nitrogens with zero attached hydrogens (tertiary/aromatic N) is 1. The van der Waals surface area contributed by atoms with E-state index in [1.165, 1.54) is 17.4 Å². The van der Waals surface area contributed by atoms with Crippen molar-refractivity contribution in [1.29, 1.82) is 0 Å². The monoisotopic (exact) mass is 314 g/mol. The van der Waals surface area contributed by atoms with Gasteiger partial charge in [-0.05, 0) is 24.7 Å². The highest BCUT2D eigenvalue weighted by Gasteiger charge is 2.09. The van der Waals surface area contributed by atoms with Gasteiger partial charge in [0.1, 0.15) is 10.8 Å². The molecule has 2 rings (SSSR count). The molecule has 0 saturated heterocycles. The van der Waals surface area contributed by atoms with Gasteiger partial charge in [-0.1, -0.05) is 22.9 Å². The van der Waals surface area contributed by atoms with Gasteiger partial charge >= 0.3 is 0 Å². The summed E-state index contributed by atoms with van der Waals surface area (Å²) in [5, 5.41) is 5.88. The molecule has 0 atom stereocenters. The Morgan fingerprint density at radius 3 is 3.00 bits per heavy atom. The maximum Gasteiger partial charge on any atom is 0.134 e. The maximum absolute atomic E-state index is 13.7. The first-order valence-corrected chi connectivity index (χ1v) is 6.98. The van der Waals surface area contributed by atoms with Crippen molar-refractivity contribution in [2.45, 2.75) is 13.5 Å². The van der Waals surface area contributed by atoms with Gasteiger partial charge in [0, 0.05) is 22.0 Å². The molecule has 17 heavy (non-hydrogen) atoms. The second-order valence-corrected chi connectivity index (χ2v) is 5.32. The molecule has 0 bridgehead atoms. The lowest BCUT2D eigenvalue weighted by atomic mass is 10.2. The summed E-state index contributed by atoms with van der Waals surface area (Å²) in [6.07, 6.45) is 0. The zero-order valence-electron chi connectivity index (χ0n) is 9.34. The number of benzene rings is 1. The van der Waals surface area contributed by atoms with Crippen molar-refractivity contribution in [2.75, 3.05) is 6.54 Å². The smallest absolute Gasteiger partial charge is 0.134 e.